The lowest BCUT2D eigenvalue weighted by molar-refractivity contribution is 0.298. The van der Waals surface area contributed by atoms with Gasteiger partial charge in [-0.2, -0.15) is 5.10 Å². The monoisotopic (exact) mass is 481 g/mol. The summed E-state index contributed by atoms with van der Waals surface area (Å²) < 4.78 is 21.2. The molecule has 1 aliphatic carbocycles. The summed E-state index contributed by atoms with van der Waals surface area (Å²) in [6.45, 7) is 0.611. The Bertz CT molecular complexity index is 1440. The molecule has 1 saturated carbocycles. The third-order valence-electron chi connectivity index (χ3n) is 5.79. The molecule has 5 rings (SSSR count). The predicted octanol–water partition coefficient (Wildman–Crippen LogP) is 2.24. The van der Waals surface area contributed by atoms with Gasteiger partial charge in [0.2, 0.25) is 0 Å². The number of fused-ring (bicyclic) bond motifs is 1. The fourth-order valence-corrected chi connectivity index (χ4v) is 4.36. The zero-order valence-corrected chi connectivity index (χ0v) is 20.1. The minimum absolute atomic E-state index is 0. The highest BCUT2D eigenvalue weighted by molar-refractivity contribution is 7.83. The van der Waals surface area contributed by atoms with Crippen molar-refractivity contribution < 1.29 is 14.4 Å². The Morgan fingerprint density at radius 1 is 1.12 bits per heavy atom. The molecule has 0 aliphatic heterocycles. The van der Waals surface area contributed by atoms with Gasteiger partial charge >= 0.3 is 0 Å². The number of aryl methyl sites for hydroxylation is 2. The van der Waals surface area contributed by atoms with Gasteiger partial charge in [0.1, 0.15) is 11.5 Å². The number of pyridine rings is 1. The van der Waals surface area contributed by atoms with E-state index in [1.807, 2.05) is 31.4 Å². The molecular formula is C24H27N5O4S. The van der Waals surface area contributed by atoms with Crippen molar-refractivity contribution in [3.8, 4) is 28.1 Å². The molecule has 0 radical (unpaired) electrons. The number of nitrogens with zero attached hydrogens (tertiary/aromatic N) is 5. The van der Waals surface area contributed by atoms with Crippen LogP contribution in [0, 0.1) is 5.92 Å². The molecule has 1 aromatic carbocycles. The highest BCUT2D eigenvalue weighted by atomic mass is 32.2. The van der Waals surface area contributed by atoms with E-state index in [1.54, 1.807) is 41.1 Å². The second kappa shape index (κ2) is 9.47. The molecule has 0 spiro atoms. The van der Waals surface area contributed by atoms with Gasteiger partial charge in [-0.25, -0.2) is 9.97 Å². The SMILES string of the molecule is Cn1cc(-c2ccc3c(=O)n(C)cc(-c4nc(CS(C)=O)ncc4OCC4CC4)c3c2)cn1.O. The van der Waals surface area contributed by atoms with Crippen molar-refractivity contribution in [2.75, 3.05) is 12.9 Å². The van der Waals surface area contributed by atoms with E-state index >= 15 is 0 Å². The van der Waals surface area contributed by atoms with Crippen molar-refractivity contribution in [2.24, 2.45) is 20.0 Å². The summed E-state index contributed by atoms with van der Waals surface area (Å²) in [4.78, 5) is 22.1. The van der Waals surface area contributed by atoms with Crippen LogP contribution in [0.15, 0.2) is 47.8 Å². The predicted molar refractivity (Wildman–Crippen MR) is 132 cm³/mol. The highest BCUT2D eigenvalue weighted by Crippen LogP contribution is 2.36. The molecule has 1 unspecified atom stereocenters. The first-order valence-corrected chi connectivity index (χ1v) is 12.5. The van der Waals surface area contributed by atoms with E-state index in [9.17, 15) is 9.00 Å². The first kappa shape index (κ1) is 23.8. The van der Waals surface area contributed by atoms with Crippen molar-refractivity contribution in [3.63, 3.8) is 0 Å². The Kier molecular flexibility index (Phi) is 6.63. The van der Waals surface area contributed by atoms with Crippen LogP contribution in [-0.2, 0) is 30.6 Å². The Balaban J connectivity index is 0.00000274. The topological polar surface area (TPSA) is 123 Å². The average Bonchev–Trinajstić information content (AvgIpc) is 3.52. The fourth-order valence-electron chi connectivity index (χ4n) is 3.85. The van der Waals surface area contributed by atoms with Gasteiger partial charge in [0.25, 0.3) is 5.56 Å². The normalized spacial score (nSPS) is 14.1. The summed E-state index contributed by atoms with van der Waals surface area (Å²) in [5.74, 6) is 1.87. The number of ether oxygens (including phenoxy) is 1. The number of hydrogen-bond acceptors (Lipinski definition) is 6. The van der Waals surface area contributed by atoms with Crippen LogP contribution in [0.3, 0.4) is 0 Å². The van der Waals surface area contributed by atoms with Gasteiger partial charge in [-0.15, -0.1) is 0 Å². The number of rotatable bonds is 7. The van der Waals surface area contributed by atoms with Gasteiger partial charge < -0.3 is 14.8 Å². The van der Waals surface area contributed by atoms with Gasteiger partial charge in [-0.05, 0) is 41.8 Å². The van der Waals surface area contributed by atoms with Gasteiger partial charge in [0.05, 0.1) is 24.8 Å². The van der Waals surface area contributed by atoms with Crippen molar-refractivity contribution in [3.05, 3.63) is 59.2 Å². The highest BCUT2D eigenvalue weighted by Gasteiger charge is 2.24. The average molecular weight is 482 g/mol. The van der Waals surface area contributed by atoms with Gasteiger partial charge in [-0.3, -0.25) is 13.7 Å². The van der Waals surface area contributed by atoms with Crippen LogP contribution in [0.1, 0.15) is 18.7 Å². The molecule has 1 aliphatic rings. The molecule has 2 N–H and O–H groups in total. The molecule has 9 nitrogen and oxygen atoms in total. The Hall–Kier alpha value is -3.37. The number of benzene rings is 1. The van der Waals surface area contributed by atoms with E-state index in [4.69, 9.17) is 9.72 Å². The van der Waals surface area contributed by atoms with Crippen LogP contribution in [0.5, 0.6) is 5.75 Å². The van der Waals surface area contributed by atoms with Gasteiger partial charge in [-0.1, -0.05) is 6.07 Å². The lowest BCUT2D eigenvalue weighted by Crippen LogP contribution is -2.17. The van der Waals surface area contributed by atoms with Crippen LogP contribution < -0.4 is 10.3 Å². The Morgan fingerprint density at radius 2 is 1.91 bits per heavy atom. The van der Waals surface area contributed by atoms with E-state index < -0.39 is 10.8 Å². The Labute approximate surface area is 199 Å². The molecule has 10 heteroatoms. The molecule has 0 amide bonds. The first-order valence-electron chi connectivity index (χ1n) is 10.8. The molecule has 1 fully saturated rings. The quantitative estimate of drug-likeness (QED) is 0.399. The lowest BCUT2D eigenvalue weighted by Gasteiger charge is -2.15. The Morgan fingerprint density at radius 3 is 2.59 bits per heavy atom. The molecule has 3 heterocycles. The maximum Gasteiger partial charge on any atom is 0.258 e. The standard InChI is InChI=1S/C24H25N5O3S.H2O/c1-28-12-20(19-8-16(6-7-18(19)24(28)30)17-9-26-29(2)11-17)23-21(32-13-15-4-5-15)10-25-22(27-23)14-33(3)31;/h6-12,15H,4-5,13-14H2,1-3H3;1H2. The molecule has 4 aromatic rings. The van der Waals surface area contributed by atoms with E-state index in [0.29, 0.717) is 35.2 Å². The third kappa shape index (κ3) is 4.78. The zero-order chi connectivity index (χ0) is 23.1. The summed E-state index contributed by atoms with van der Waals surface area (Å²) in [6, 6.07) is 5.77. The molecule has 0 saturated heterocycles. The molecular weight excluding hydrogens is 454 g/mol. The summed E-state index contributed by atoms with van der Waals surface area (Å²) in [7, 11) is 2.52. The zero-order valence-electron chi connectivity index (χ0n) is 19.3. The first-order chi connectivity index (χ1) is 15.9. The summed E-state index contributed by atoms with van der Waals surface area (Å²) >= 11 is 0. The molecule has 0 bridgehead atoms. The van der Waals surface area contributed by atoms with E-state index in [-0.39, 0.29) is 16.8 Å². The minimum Gasteiger partial charge on any atom is -0.489 e. The fraction of sp³-hybridized carbons (Fsp3) is 0.333. The molecule has 178 valence electrons. The van der Waals surface area contributed by atoms with Crippen LogP contribution in [-0.4, -0.2) is 46.9 Å². The maximum absolute atomic E-state index is 12.9. The van der Waals surface area contributed by atoms with Crippen molar-refractivity contribution in [1.29, 1.82) is 0 Å². The third-order valence-corrected chi connectivity index (χ3v) is 6.45. The largest absolute Gasteiger partial charge is 0.489 e. The van der Waals surface area contributed by atoms with E-state index in [2.05, 4.69) is 10.1 Å². The summed E-state index contributed by atoms with van der Waals surface area (Å²) in [6.07, 6.45) is 11.1. The lowest BCUT2D eigenvalue weighted by atomic mass is 9.99. The second-order valence-electron chi connectivity index (χ2n) is 8.59. The van der Waals surface area contributed by atoms with Crippen molar-refractivity contribution in [1.82, 2.24) is 24.3 Å². The van der Waals surface area contributed by atoms with Crippen LogP contribution in [0.4, 0.5) is 0 Å². The smallest absolute Gasteiger partial charge is 0.258 e. The summed E-state index contributed by atoms with van der Waals surface area (Å²) in [5, 5.41) is 5.64. The van der Waals surface area contributed by atoms with Gasteiger partial charge in [0, 0.05) is 60.1 Å². The second-order valence-corrected chi connectivity index (χ2v) is 10.0. The van der Waals surface area contributed by atoms with E-state index in [0.717, 1.165) is 22.1 Å². The van der Waals surface area contributed by atoms with E-state index in [1.165, 1.54) is 12.8 Å². The number of aromatic nitrogens is 5. The van der Waals surface area contributed by atoms with Crippen LogP contribution in [0.2, 0.25) is 0 Å². The van der Waals surface area contributed by atoms with Crippen LogP contribution in [0.25, 0.3) is 33.2 Å². The van der Waals surface area contributed by atoms with Crippen molar-refractivity contribution in [2.45, 2.75) is 18.6 Å². The maximum atomic E-state index is 12.9. The van der Waals surface area contributed by atoms with Crippen LogP contribution >= 0.6 is 0 Å². The minimum atomic E-state index is -1.08. The molecule has 34 heavy (non-hydrogen) atoms. The summed E-state index contributed by atoms with van der Waals surface area (Å²) in [5.41, 5.74) is 3.20. The molecule has 1 atom stereocenters. The van der Waals surface area contributed by atoms with Gasteiger partial charge in [0.15, 0.2) is 5.75 Å². The van der Waals surface area contributed by atoms with Crippen molar-refractivity contribution >= 4 is 21.6 Å². The number of hydrogen-bond donors (Lipinski definition) is 0. The molecule has 3 aromatic heterocycles.